The molecule has 0 aromatic carbocycles. The van der Waals surface area contributed by atoms with Gasteiger partial charge in [0.15, 0.2) is 0 Å². The number of ether oxygens (including phenoxy) is 1. The zero-order valence-corrected chi connectivity index (χ0v) is 10.8. The van der Waals surface area contributed by atoms with E-state index in [0.29, 0.717) is 18.0 Å². The Bertz CT molecular complexity index is 140. The molecule has 0 aliphatic heterocycles. The van der Waals surface area contributed by atoms with Crippen molar-refractivity contribution in [2.75, 3.05) is 20.3 Å². The first-order valence-corrected chi connectivity index (χ1v) is 6.10. The Hall–Kier alpha value is -0.120. The van der Waals surface area contributed by atoms with Crippen molar-refractivity contribution in [1.82, 2.24) is 5.32 Å². The van der Waals surface area contributed by atoms with E-state index in [4.69, 9.17) is 10.5 Å². The molecule has 0 rings (SSSR count). The summed E-state index contributed by atoms with van der Waals surface area (Å²) in [5.74, 6) is 0.673. The summed E-state index contributed by atoms with van der Waals surface area (Å²) in [6.07, 6.45) is 3.34. The Balaban J connectivity index is 3.99. The molecule has 3 N–H and O–H groups in total. The normalized spacial score (nSPS) is 15.6. The number of hydrogen-bond donors (Lipinski definition) is 2. The zero-order chi connectivity index (χ0) is 11.7. The lowest BCUT2D eigenvalue weighted by Crippen LogP contribution is -2.43. The van der Waals surface area contributed by atoms with Gasteiger partial charge in [-0.05, 0) is 31.7 Å². The molecular weight excluding hydrogens is 188 g/mol. The minimum Gasteiger partial charge on any atom is -0.383 e. The summed E-state index contributed by atoms with van der Waals surface area (Å²) in [7, 11) is 1.76. The van der Waals surface area contributed by atoms with E-state index in [0.717, 1.165) is 26.0 Å². The number of hydrogen-bond acceptors (Lipinski definition) is 3. The van der Waals surface area contributed by atoms with Crippen LogP contribution in [0, 0.1) is 5.92 Å². The van der Waals surface area contributed by atoms with Crippen LogP contribution in [0.2, 0.25) is 0 Å². The molecule has 2 unspecified atom stereocenters. The highest BCUT2D eigenvalue weighted by Gasteiger charge is 2.16. The van der Waals surface area contributed by atoms with Gasteiger partial charge < -0.3 is 15.8 Å². The summed E-state index contributed by atoms with van der Waals surface area (Å²) in [6.45, 7) is 8.29. The van der Waals surface area contributed by atoms with Gasteiger partial charge in [0.05, 0.1) is 6.61 Å². The molecule has 0 aromatic heterocycles. The van der Waals surface area contributed by atoms with E-state index in [2.05, 4.69) is 26.1 Å². The second kappa shape index (κ2) is 9.13. The smallest absolute Gasteiger partial charge is 0.0615 e. The molecule has 0 bridgehead atoms. The number of nitrogens with two attached hydrogens (primary N) is 1. The largest absolute Gasteiger partial charge is 0.383 e. The van der Waals surface area contributed by atoms with Gasteiger partial charge in [0, 0.05) is 19.2 Å². The molecule has 0 aromatic rings. The van der Waals surface area contributed by atoms with Crippen molar-refractivity contribution in [3.05, 3.63) is 0 Å². The molecule has 0 spiro atoms. The highest BCUT2D eigenvalue weighted by Crippen LogP contribution is 2.08. The SMILES string of the molecule is CCC(NC(CCCN)COC)C(C)C. The van der Waals surface area contributed by atoms with Crippen LogP contribution >= 0.6 is 0 Å². The van der Waals surface area contributed by atoms with Crippen LogP contribution < -0.4 is 11.1 Å². The molecule has 0 amide bonds. The molecule has 2 atom stereocenters. The average molecular weight is 216 g/mol. The van der Waals surface area contributed by atoms with Gasteiger partial charge in [-0.3, -0.25) is 0 Å². The standard InChI is InChI=1S/C12H28N2O/c1-5-12(10(2)3)14-11(9-15-4)7-6-8-13/h10-12,14H,5-9,13H2,1-4H3. The second-order valence-electron chi connectivity index (χ2n) is 4.51. The average Bonchev–Trinajstić information content (AvgIpc) is 2.21. The summed E-state index contributed by atoms with van der Waals surface area (Å²) in [5.41, 5.74) is 5.53. The lowest BCUT2D eigenvalue weighted by atomic mass is 10.00. The zero-order valence-electron chi connectivity index (χ0n) is 10.8. The summed E-state index contributed by atoms with van der Waals surface area (Å²) in [4.78, 5) is 0. The van der Waals surface area contributed by atoms with Crippen LogP contribution in [0.1, 0.15) is 40.0 Å². The van der Waals surface area contributed by atoms with Crippen molar-refractivity contribution in [2.45, 2.75) is 52.1 Å². The fourth-order valence-electron chi connectivity index (χ4n) is 1.86. The minimum atomic E-state index is 0.450. The van der Waals surface area contributed by atoms with Crippen molar-refractivity contribution < 1.29 is 4.74 Å². The molecule has 0 radical (unpaired) electrons. The molecule has 3 nitrogen and oxygen atoms in total. The third-order valence-electron chi connectivity index (χ3n) is 2.82. The van der Waals surface area contributed by atoms with Crippen LogP contribution in [-0.2, 0) is 4.74 Å². The van der Waals surface area contributed by atoms with E-state index in [9.17, 15) is 0 Å². The van der Waals surface area contributed by atoms with E-state index in [-0.39, 0.29) is 0 Å². The molecule has 0 aliphatic carbocycles. The fourth-order valence-corrected chi connectivity index (χ4v) is 1.86. The highest BCUT2D eigenvalue weighted by molar-refractivity contribution is 4.75. The van der Waals surface area contributed by atoms with E-state index in [1.807, 2.05) is 0 Å². The van der Waals surface area contributed by atoms with E-state index in [1.54, 1.807) is 7.11 Å². The van der Waals surface area contributed by atoms with Gasteiger partial charge in [-0.1, -0.05) is 20.8 Å². The van der Waals surface area contributed by atoms with Crippen LogP contribution in [0.3, 0.4) is 0 Å². The first-order chi connectivity index (χ1) is 7.15. The van der Waals surface area contributed by atoms with E-state index < -0.39 is 0 Å². The van der Waals surface area contributed by atoms with Gasteiger partial charge in [0.1, 0.15) is 0 Å². The second-order valence-corrected chi connectivity index (χ2v) is 4.51. The number of rotatable bonds is 9. The van der Waals surface area contributed by atoms with Crippen LogP contribution in [0.4, 0.5) is 0 Å². The van der Waals surface area contributed by atoms with Crippen LogP contribution in [-0.4, -0.2) is 32.3 Å². The lowest BCUT2D eigenvalue weighted by molar-refractivity contribution is 0.149. The maximum atomic E-state index is 5.53. The maximum absolute atomic E-state index is 5.53. The number of methoxy groups -OCH3 is 1. The molecule has 0 saturated heterocycles. The molecular formula is C12H28N2O. The van der Waals surface area contributed by atoms with Crippen molar-refractivity contribution in [3.63, 3.8) is 0 Å². The topological polar surface area (TPSA) is 47.3 Å². The van der Waals surface area contributed by atoms with Gasteiger partial charge >= 0.3 is 0 Å². The minimum absolute atomic E-state index is 0.450. The first-order valence-electron chi connectivity index (χ1n) is 6.10. The fraction of sp³-hybridized carbons (Fsp3) is 1.00. The molecule has 0 heterocycles. The van der Waals surface area contributed by atoms with E-state index in [1.165, 1.54) is 6.42 Å². The summed E-state index contributed by atoms with van der Waals surface area (Å²) in [6, 6.07) is 1.04. The number of nitrogens with one attached hydrogen (secondary N) is 1. The van der Waals surface area contributed by atoms with Crippen LogP contribution in [0.25, 0.3) is 0 Å². The van der Waals surface area contributed by atoms with Gasteiger partial charge in [-0.15, -0.1) is 0 Å². The predicted molar refractivity (Wildman–Crippen MR) is 66.0 cm³/mol. The Labute approximate surface area is 94.8 Å². The molecule has 3 heteroatoms. The van der Waals surface area contributed by atoms with Crippen molar-refractivity contribution in [2.24, 2.45) is 11.7 Å². The third kappa shape index (κ3) is 6.88. The van der Waals surface area contributed by atoms with Gasteiger partial charge in [0.25, 0.3) is 0 Å². The summed E-state index contributed by atoms with van der Waals surface area (Å²) < 4.78 is 5.22. The third-order valence-corrected chi connectivity index (χ3v) is 2.82. The summed E-state index contributed by atoms with van der Waals surface area (Å²) >= 11 is 0. The molecule has 15 heavy (non-hydrogen) atoms. The van der Waals surface area contributed by atoms with Gasteiger partial charge in [-0.25, -0.2) is 0 Å². The van der Waals surface area contributed by atoms with Crippen LogP contribution in [0.5, 0.6) is 0 Å². The Kier molecular flexibility index (Phi) is 9.06. The predicted octanol–water partition coefficient (Wildman–Crippen LogP) is 1.76. The quantitative estimate of drug-likeness (QED) is 0.617. The van der Waals surface area contributed by atoms with Crippen molar-refractivity contribution >= 4 is 0 Å². The van der Waals surface area contributed by atoms with Crippen molar-refractivity contribution in [1.29, 1.82) is 0 Å². The molecule has 92 valence electrons. The Morgan fingerprint density at radius 1 is 1.33 bits per heavy atom. The lowest BCUT2D eigenvalue weighted by Gasteiger charge is -2.27. The molecule has 0 aliphatic rings. The van der Waals surface area contributed by atoms with Gasteiger partial charge in [0.2, 0.25) is 0 Å². The van der Waals surface area contributed by atoms with Crippen molar-refractivity contribution in [3.8, 4) is 0 Å². The molecule has 0 saturated carbocycles. The summed E-state index contributed by atoms with van der Waals surface area (Å²) in [5, 5.41) is 3.66. The Morgan fingerprint density at radius 2 is 2.00 bits per heavy atom. The highest BCUT2D eigenvalue weighted by atomic mass is 16.5. The van der Waals surface area contributed by atoms with Gasteiger partial charge in [-0.2, -0.15) is 0 Å². The van der Waals surface area contributed by atoms with E-state index >= 15 is 0 Å². The maximum Gasteiger partial charge on any atom is 0.0615 e. The monoisotopic (exact) mass is 216 g/mol. The Morgan fingerprint density at radius 3 is 2.40 bits per heavy atom. The van der Waals surface area contributed by atoms with Crippen LogP contribution in [0.15, 0.2) is 0 Å². The molecule has 0 fully saturated rings. The first kappa shape index (κ1) is 14.9.